The lowest BCUT2D eigenvalue weighted by Gasteiger charge is -2.32. The number of rotatable bonds is 3. The highest BCUT2D eigenvalue weighted by atomic mass is 35.5. The summed E-state index contributed by atoms with van der Waals surface area (Å²) in [5, 5.41) is 11.1. The number of halogens is 1. The Morgan fingerprint density at radius 1 is 1.24 bits per heavy atom. The van der Waals surface area contributed by atoms with Gasteiger partial charge in [-0.1, -0.05) is 18.0 Å². The summed E-state index contributed by atoms with van der Waals surface area (Å²) in [4.78, 5) is 19.4. The minimum Gasteiger partial charge on any atom is -0.355 e. The second kappa shape index (κ2) is 6.15. The van der Waals surface area contributed by atoms with Crippen LogP contribution in [0.25, 0.3) is 0 Å². The van der Waals surface area contributed by atoms with E-state index in [4.69, 9.17) is 11.6 Å². The Hall–Kier alpha value is -1.40. The van der Waals surface area contributed by atoms with E-state index in [1.54, 1.807) is 0 Å². The van der Waals surface area contributed by atoms with Crippen LogP contribution in [0.15, 0.2) is 12.1 Å². The van der Waals surface area contributed by atoms with Crippen molar-refractivity contribution in [2.24, 2.45) is 0 Å². The van der Waals surface area contributed by atoms with Crippen LogP contribution in [0.4, 0.5) is 11.5 Å². The van der Waals surface area contributed by atoms with Crippen molar-refractivity contribution in [3.05, 3.63) is 27.4 Å². The molecule has 1 aromatic rings. The molecule has 0 amide bonds. The average Bonchev–Trinajstić information content (AvgIpc) is 2.97. The summed E-state index contributed by atoms with van der Waals surface area (Å²) in [5.41, 5.74) is 0.00595. The van der Waals surface area contributed by atoms with Crippen LogP contribution in [-0.2, 0) is 0 Å². The number of pyridine rings is 1. The van der Waals surface area contributed by atoms with Gasteiger partial charge in [-0.15, -0.1) is 0 Å². The van der Waals surface area contributed by atoms with Gasteiger partial charge < -0.3 is 4.90 Å². The van der Waals surface area contributed by atoms with E-state index < -0.39 is 4.92 Å². The van der Waals surface area contributed by atoms with E-state index in [1.165, 1.54) is 44.5 Å². The van der Waals surface area contributed by atoms with Crippen LogP contribution in [0.5, 0.6) is 0 Å². The second-order valence-electron chi connectivity index (χ2n) is 5.75. The maximum absolute atomic E-state index is 10.9. The SMILES string of the molecule is O=[N+]([O-])c1cc(Cl)nc(N2CCC(N3CCCCC3)C2)c1. The predicted molar refractivity (Wildman–Crippen MR) is 81.9 cm³/mol. The first-order valence-electron chi connectivity index (χ1n) is 7.44. The average molecular weight is 311 g/mol. The molecule has 3 rings (SSSR count). The summed E-state index contributed by atoms with van der Waals surface area (Å²) in [6, 6.07) is 3.35. The van der Waals surface area contributed by atoms with Gasteiger partial charge in [-0.25, -0.2) is 4.98 Å². The summed E-state index contributed by atoms with van der Waals surface area (Å²) >= 11 is 5.90. The van der Waals surface area contributed by atoms with Crippen molar-refractivity contribution in [1.29, 1.82) is 0 Å². The molecular formula is C14H19ClN4O2. The fourth-order valence-corrected chi connectivity index (χ4v) is 3.47. The quantitative estimate of drug-likeness (QED) is 0.488. The number of anilines is 1. The molecular weight excluding hydrogens is 292 g/mol. The second-order valence-corrected chi connectivity index (χ2v) is 6.14. The summed E-state index contributed by atoms with van der Waals surface area (Å²) in [6.07, 6.45) is 4.96. The molecule has 2 aliphatic heterocycles. The third-order valence-corrected chi connectivity index (χ3v) is 4.56. The lowest BCUT2D eigenvalue weighted by atomic mass is 10.1. The summed E-state index contributed by atoms with van der Waals surface area (Å²) in [5.74, 6) is 0.619. The zero-order valence-electron chi connectivity index (χ0n) is 11.9. The van der Waals surface area contributed by atoms with Gasteiger partial charge in [-0.2, -0.15) is 0 Å². The first kappa shape index (κ1) is 14.5. The van der Waals surface area contributed by atoms with Crippen molar-refractivity contribution in [2.75, 3.05) is 31.1 Å². The van der Waals surface area contributed by atoms with Gasteiger partial charge in [-0.05, 0) is 32.4 Å². The molecule has 2 saturated heterocycles. The van der Waals surface area contributed by atoms with Crippen LogP contribution in [0.3, 0.4) is 0 Å². The van der Waals surface area contributed by atoms with Crippen molar-refractivity contribution in [1.82, 2.24) is 9.88 Å². The molecule has 1 aromatic heterocycles. The van der Waals surface area contributed by atoms with Crippen LogP contribution in [0.2, 0.25) is 5.15 Å². The number of nitrogens with zero attached hydrogens (tertiary/aromatic N) is 4. The van der Waals surface area contributed by atoms with Gasteiger partial charge in [-0.3, -0.25) is 15.0 Å². The van der Waals surface area contributed by atoms with Crippen LogP contribution in [-0.4, -0.2) is 47.0 Å². The van der Waals surface area contributed by atoms with E-state index >= 15 is 0 Å². The van der Waals surface area contributed by atoms with Crippen molar-refractivity contribution >= 4 is 23.1 Å². The number of piperidine rings is 1. The first-order valence-corrected chi connectivity index (χ1v) is 7.82. The number of aromatic nitrogens is 1. The van der Waals surface area contributed by atoms with Crippen molar-refractivity contribution in [3.8, 4) is 0 Å². The van der Waals surface area contributed by atoms with Gasteiger partial charge >= 0.3 is 0 Å². The minimum atomic E-state index is -0.421. The summed E-state index contributed by atoms with van der Waals surface area (Å²) in [7, 11) is 0. The van der Waals surface area contributed by atoms with Crippen LogP contribution in [0, 0.1) is 10.1 Å². The molecule has 0 spiro atoms. The molecule has 1 unspecified atom stereocenters. The summed E-state index contributed by atoms with van der Waals surface area (Å²) in [6.45, 7) is 4.10. The van der Waals surface area contributed by atoms with E-state index in [1.807, 2.05) is 0 Å². The number of hydrogen-bond donors (Lipinski definition) is 0. The highest BCUT2D eigenvalue weighted by Gasteiger charge is 2.29. The Labute approximate surface area is 128 Å². The molecule has 0 radical (unpaired) electrons. The van der Waals surface area contributed by atoms with Crippen molar-refractivity contribution in [2.45, 2.75) is 31.7 Å². The van der Waals surface area contributed by atoms with Crippen LogP contribution >= 0.6 is 11.6 Å². The zero-order valence-corrected chi connectivity index (χ0v) is 12.6. The Bertz CT molecular complexity index is 534. The highest BCUT2D eigenvalue weighted by Crippen LogP contribution is 2.28. The Morgan fingerprint density at radius 3 is 2.71 bits per heavy atom. The Morgan fingerprint density at radius 2 is 2.00 bits per heavy atom. The van der Waals surface area contributed by atoms with E-state index in [9.17, 15) is 10.1 Å². The number of nitro groups is 1. The van der Waals surface area contributed by atoms with Crippen molar-refractivity contribution in [3.63, 3.8) is 0 Å². The van der Waals surface area contributed by atoms with Gasteiger partial charge in [0.05, 0.1) is 17.1 Å². The Kier molecular flexibility index (Phi) is 4.26. The molecule has 2 fully saturated rings. The molecule has 0 bridgehead atoms. The lowest BCUT2D eigenvalue weighted by Crippen LogP contribution is -2.40. The third-order valence-electron chi connectivity index (χ3n) is 4.37. The van der Waals surface area contributed by atoms with Gasteiger partial charge in [0.25, 0.3) is 5.69 Å². The molecule has 3 heterocycles. The molecule has 1 atom stereocenters. The van der Waals surface area contributed by atoms with E-state index in [2.05, 4.69) is 14.8 Å². The maximum Gasteiger partial charge on any atom is 0.276 e. The van der Waals surface area contributed by atoms with Crippen LogP contribution < -0.4 is 4.90 Å². The van der Waals surface area contributed by atoms with Gasteiger partial charge in [0.15, 0.2) is 0 Å². The minimum absolute atomic E-state index is 0.00595. The fraction of sp³-hybridized carbons (Fsp3) is 0.643. The number of likely N-dealkylation sites (tertiary alicyclic amines) is 1. The summed E-state index contributed by atoms with van der Waals surface area (Å²) < 4.78 is 0. The number of hydrogen-bond acceptors (Lipinski definition) is 5. The molecule has 21 heavy (non-hydrogen) atoms. The predicted octanol–water partition coefficient (Wildman–Crippen LogP) is 2.71. The van der Waals surface area contributed by atoms with Gasteiger partial charge in [0.1, 0.15) is 11.0 Å². The normalized spacial score (nSPS) is 23.5. The van der Waals surface area contributed by atoms with Crippen LogP contribution in [0.1, 0.15) is 25.7 Å². The first-order chi connectivity index (χ1) is 10.1. The molecule has 114 valence electrons. The molecule has 0 aromatic carbocycles. The fourth-order valence-electron chi connectivity index (χ4n) is 3.27. The Balaban J connectivity index is 1.72. The molecule has 0 saturated carbocycles. The zero-order chi connectivity index (χ0) is 14.8. The molecule has 0 N–H and O–H groups in total. The lowest BCUT2D eigenvalue weighted by molar-refractivity contribution is -0.384. The monoisotopic (exact) mass is 310 g/mol. The van der Waals surface area contributed by atoms with Gasteiger partial charge in [0.2, 0.25) is 0 Å². The standard InChI is InChI=1S/C14H19ClN4O2/c15-13-8-12(19(20)21)9-14(16-13)18-7-4-11(10-18)17-5-2-1-3-6-17/h8-9,11H,1-7,10H2. The van der Waals surface area contributed by atoms with E-state index in [0.717, 1.165) is 19.5 Å². The smallest absolute Gasteiger partial charge is 0.276 e. The van der Waals surface area contributed by atoms with Gasteiger partial charge in [0, 0.05) is 19.1 Å². The molecule has 0 aliphatic carbocycles. The van der Waals surface area contributed by atoms with E-state index in [-0.39, 0.29) is 10.8 Å². The molecule has 7 heteroatoms. The largest absolute Gasteiger partial charge is 0.355 e. The molecule has 6 nitrogen and oxygen atoms in total. The maximum atomic E-state index is 10.9. The van der Waals surface area contributed by atoms with E-state index in [0.29, 0.717) is 11.9 Å². The topological polar surface area (TPSA) is 62.5 Å². The van der Waals surface area contributed by atoms with Crippen molar-refractivity contribution < 1.29 is 4.92 Å². The molecule has 2 aliphatic rings. The third kappa shape index (κ3) is 3.27. The highest BCUT2D eigenvalue weighted by molar-refractivity contribution is 6.29.